The summed E-state index contributed by atoms with van der Waals surface area (Å²) in [7, 11) is 0. The largest absolute Gasteiger partial charge is 0.251 e. The summed E-state index contributed by atoms with van der Waals surface area (Å²) in [6.07, 6.45) is 1.81. The average molecular weight is 165 g/mol. The van der Waals surface area contributed by atoms with E-state index in [1.165, 1.54) is 4.88 Å². The van der Waals surface area contributed by atoms with Gasteiger partial charge in [-0.15, -0.1) is 11.3 Å². The zero-order valence-electron chi connectivity index (χ0n) is 6.74. The number of rotatable bonds is 0. The SMILES string of the molecule is Cc1cccccnc(C)s1. The third kappa shape index (κ3) is 3.14. The zero-order chi connectivity index (χ0) is 8.10. The monoisotopic (exact) mass is 165 g/mol. The molecule has 1 nitrogen and oxygen atoms in total. The maximum Gasteiger partial charge on any atom is 0.0895 e. The lowest BCUT2D eigenvalue weighted by molar-refractivity contribution is 1.28. The van der Waals surface area contributed by atoms with Gasteiger partial charge in [0.1, 0.15) is 0 Å². The number of aryl methyl sites for hydroxylation is 2. The summed E-state index contributed by atoms with van der Waals surface area (Å²) in [6.45, 7) is 4.09. The maximum atomic E-state index is 4.20. The van der Waals surface area contributed by atoms with Crippen molar-refractivity contribution in [1.29, 1.82) is 0 Å². The molecule has 0 saturated heterocycles. The molecular formula is C9H11NS. The van der Waals surface area contributed by atoms with Crippen LogP contribution in [-0.2, 0) is 0 Å². The van der Waals surface area contributed by atoms with E-state index < -0.39 is 0 Å². The van der Waals surface area contributed by atoms with Gasteiger partial charge in [0.2, 0.25) is 0 Å². The second-order valence-corrected chi connectivity index (χ2v) is 3.69. The first-order valence-corrected chi connectivity index (χ1v) is 4.33. The van der Waals surface area contributed by atoms with Crippen molar-refractivity contribution in [3.8, 4) is 0 Å². The highest BCUT2D eigenvalue weighted by atomic mass is 32.1. The van der Waals surface area contributed by atoms with Gasteiger partial charge in [0.15, 0.2) is 0 Å². The third-order valence-electron chi connectivity index (χ3n) is 1.20. The van der Waals surface area contributed by atoms with E-state index in [4.69, 9.17) is 0 Å². The number of nitrogens with zero attached hydrogens (tertiary/aromatic N) is 1. The molecule has 58 valence electrons. The molecule has 0 unspecified atom stereocenters. The summed E-state index contributed by atoms with van der Waals surface area (Å²) in [5.41, 5.74) is 0. The Kier molecular flexibility index (Phi) is 3.05. The predicted octanol–water partition coefficient (Wildman–Crippen LogP) is 2.88. The minimum absolute atomic E-state index is 1.08. The van der Waals surface area contributed by atoms with Crippen LogP contribution < -0.4 is 0 Å². The molecule has 0 aliphatic rings. The average Bonchev–Trinajstić information content (AvgIpc) is 2.02. The zero-order valence-corrected chi connectivity index (χ0v) is 7.56. The summed E-state index contributed by atoms with van der Waals surface area (Å²) < 4.78 is 0. The predicted molar refractivity (Wildman–Crippen MR) is 49.2 cm³/mol. The van der Waals surface area contributed by atoms with Gasteiger partial charge in [-0.3, -0.25) is 4.98 Å². The Morgan fingerprint density at radius 1 is 1.18 bits per heavy atom. The van der Waals surface area contributed by atoms with Crippen molar-refractivity contribution in [3.63, 3.8) is 0 Å². The summed E-state index contributed by atoms with van der Waals surface area (Å²) >= 11 is 1.70. The lowest BCUT2D eigenvalue weighted by atomic mass is 10.5. The van der Waals surface area contributed by atoms with Crippen molar-refractivity contribution in [1.82, 2.24) is 4.98 Å². The fourth-order valence-electron chi connectivity index (χ4n) is 0.746. The number of aromatic nitrogens is 1. The Balaban J connectivity index is 3.25. The molecule has 0 saturated carbocycles. The van der Waals surface area contributed by atoms with Crippen LogP contribution in [0.2, 0.25) is 0 Å². The lowest BCUT2D eigenvalue weighted by Gasteiger charge is -1.83. The first kappa shape index (κ1) is 8.21. The molecule has 1 rings (SSSR count). The van der Waals surface area contributed by atoms with Gasteiger partial charge in [0, 0.05) is 11.1 Å². The van der Waals surface area contributed by atoms with E-state index in [1.54, 1.807) is 11.3 Å². The van der Waals surface area contributed by atoms with E-state index in [0.29, 0.717) is 0 Å². The van der Waals surface area contributed by atoms with Crippen molar-refractivity contribution in [2.24, 2.45) is 0 Å². The van der Waals surface area contributed by atoms with E-state index in [2.05, 4.69) is 18.0 Å². The van der Waals surface area contributed by atoms with Gasteiger partial charge in [-0.05, 0) is 26.0 Å². The highest BCUT2D eigenvalue weighted by Gasteiger charge is 1.79. The highest BCUT2D eigenvalue weighted by molar-refractivity contribution is 7.11. The summed E-state index contributed by atoms with van der Waals surface area (Å²) in [6, 6.07) is 8.01. The molecule has 1 aromatic heterocycles. The van der Waals surface area contributed by atoms with Crippen LogP contribution in [0.3, 0.4) is 0 Å². The molecule has 2 heteroatoms. The quantitative estimate of drug-likeness (QED) is 0.576. The number of hydrogen-bond donors (Lipinski definition) is 0. The molecule has 0 fully saturated rings. The van der Waals surface area contributed by atoms with E-state index in [9.17, 15) is 0 Å². The molecule has 0 aliphatic carbocycles. The molecule has 0 bridgehead atoms. The van der Waals surface area contributed by atoms with Crippen LogP contribution >= 0.6 is 11.3 Å². The van der Waals surface area contributed by atoms with Gasteiger partial charge in [-0.2, -0.15) is 0 Å². The van der Waals surface area contributed by atoms with Gasteiger partial charge < -0.3 is 0 Å². The minimum Gasteiger partial charge on any atom is -0.251 e. The Morgan fingerprint density at radius 2 is 2.00 bits per heavy atom. The lowest BCUT2D eigenvalue weighted by Crippen LogP contribution is -1.66. The Bertz CT molecular complexity index is 250. The standard InChI is InChI=1S/C9H11NS/c1-8-6-4-3-5-7-10-9(2)11-8/h3-7H,1-2H3. The Labute approximate surface area is 71.1 Å². The second kappa shape index (κ2) is 4.09. The summed E-state index contributed by atoms with van der Waals surface area (Å²) in [5.74, 6) is 0. The van der Waals surface area contributed by atoms with Crippen molar-refractivity contribution in [2.45, 2.75) is 13.8 Å². The molecule has 0 amide bonds. The first-order valence-electron chi connectivity index (χ1n) is 3.51. The van der Waals surface area contributed by atoms with Crippen LogP contribution in [-0.4, -0.2) is 4.98 Å². The van der Waals surface area contributed by atoms with Crippen LogP contribution in [0.25, 0.3) is 0 Å². The molecule has 0 atom stereocenters. The van der Waals surface area contributed by atoms with Crippen LogP contribution in [0, 0.1) is 13.8 Å². The van der Waals surface area contributed by atoms with Gasteiger partial charge in [0.25, 0.3) is 0 Å². The molecule has 11 heavy (non-hydrogen) atoms. The number of hydrogen-bond acceptors (Lipinski definition) is 2. The van der Waals surface area contributed by atoms with Crippen molar-refractivity contribution < 1.29 is 0 Å². The first-order chi connectivity index (χ1) is 5.29. The van der Waals surface area contributed by atoms with E-state index in [0.717, 1.165) is 5.01 Å². The Hall–Kier alpha value is -0.890. The molecule has 0 aliphatic heterocycles. The van der Waals surface area contributed by atoms with E-state index in [1.807, 2.05) is 31.3 Å². The third-order valence-corrected chi connectivity index (χ3v) is 2.06. The van der Waals surface area contributed by atoms with Crippen LogP contribution in [0.4, 0.5) is 0 Å². The van der Waals surface area contributed by atoms with Crippen molar-refractivity contribution in [3.05, 3.63) is 40.3 Å². The fraction of sp³-hybridized carbons (Fsp3) is 0.222. The van der Waals surface area contributed by atoms with E-state index >= 15 is 0 Å². The topological polar surface area (TPSA) is 12.9 Å². The van der Waals surface area contributed by atoms with Gasteiger partial charge in [0.05, 0.1) is 5.01 Å². The van der Waals surface area contributed by atoms with Gasteiger partial charge in [-0.1, -0.05) is 12.1 Å². The fourth-order valence-corrected chi connectivity index (χ4v) is 1.47. The minimum atomic E-state index is 1.08. The highest BCUT2D eigenvalue weighted by Crippen LogP contribution is 2.04. The van der Waals surface area contributed by atoms with Crippen LogP contribution in [0.5, 0.6) is 0 Å². The smallest absolute Gasteiger partial charge is 0.0895 e. The molecule has 0 aromatic carbocycles. The summed E-state index contributed by atoms with van der Waals surface area (Å²) in [5, 5.41) is 1.08. The summed E-state index contributed by atoms with van der Waals surface area (Å²) in [4.78, 5) is 5.47. The molecule has 0 spiro atoms. The second-order valence-electron chi connectivity index (χ2n) is 2.25. The van der Waals surface area contributed by atoms with Gasteiger partial charge >= 0.3 is 0 Å². The maximum absolute atomic E-state index is 4.20. The van der Waals surface area contributed by atoms with Gasteiger partial charge in [-0.25, -0.2) is 0 Å². The molecule has 1 heterocycles. The van der Waals surface area contributed by atoms with Crippen LogP contribution in [0.1, 0.15) is 9.88 Å². The normalized spacial score (nSPS) is 8.91. The van der Waals surface area contributed by atoms with E-state index in [-0.39, 0.29) is 0 Å². The molecule has 0 N–H and O–H groups in total. The van der Waals surface area contributed by atoms with Crippen molar-refractivity contribution >= 4 is 11.3 Å². The molecule has 1 aromatic rings. The molecular weight excluding hydrogens is 154 g/mol. The Morgan fingerprint density at radius 3 is 2.82 bits per heavy atom. The van der Waals surface area contributed by atoms with Crippen molar-refractivity contribution in [2.75, 3.05) is 0 Å². The van der Waals surface area contributed by atoms with Crippen LogP contribution in [0.15, 0.2) is 30.5 Å². The molecule has 0 radical (unpaired) electrons.